The molecule has 1 saturated heterocycles. The van der Waals surface area contributed by atoms with E-state index in [4.69, 9.17) is 4.74 Å². The number of hydrogen-bond acceptors (Lipinski definition) is 3. The quantitative estimate of drug-likeness (QED) is 0.852. The summed E-state index contributed by atoms with van der Waals surface area (Å²) >= 11 is 0. The van der Waals surface area contributed by atoms with Crippen LogP contribution in [0.1, 0.15) is 60.8 Å². The summed E-state index contributed by atoms with van der Waals surface area (Å²) < 4.78 is 5.25. The first kappa shape index (κ1) is 17.8. The summed E-state index contributed by atoms with van der Waals surface area (Å²) in [5.74, 6) is 0.207. The molecule has 0 spiro atoms. The number of hydrogen-bond donors (Lipinski definition) is 1. The Hall–Kier alpha value is -1.26. The minimum atomic E-state index is -0.479. The molecule has 5 nitrogen and oxygen atoms in total. The fourth-order valence-electron chi connectivity index (χ4n) is 2.31. The normalized spacial score (nSPS) is 17.5. The third-order valence-electron chi connectivity index (χ3n) is 3.25. The van der Waals surface area contributed by atoms with Gasteiger partial charge in [0.2, 0.25) is 5.91 Å². The van der Waals surface area contributed by atoms with E-state index in [0.717, 1.165) is 12.8 Å². The summed E-state index contributed by atoms with van der Waals surface area (Å²) in [6.07, 6.45) is 1.77. The van der Waals surface area contributed by atoms with Crippen LogP contribution in [0.4, 0.5) is 4.79 Å². The summed E-state index contributed by atoms with van der Waals surface area (Å²) in [5, 5.41) is 2.88. The van der Waals surface area contributed by atoms with E-state index < -0.39 is 5.60 Å². The fourth-order valence-corrected chi connectivity index (χ4v) is 2.31. The Morgan fingerprint density at radius 3 is 2.05 bits per heavy atom. The fraction of sp³-hybridized carbons (Fsp3) is 0.875. The Labute approximate surface area is 128 Å². The predicted molar refractivity (Wildman–Crippen MR) is 83.0 cm³/mol. The van der Waals surface area contributed by atoms with Gasteiger partial charge in [0.05, 0.1) is 0 Å². The van der Waals surface area contributed by atoms with E-state index in [9.17, 15) is 9.59 Å². The number of alkyl carbamates (subject to hydrolysis) is 1. The number of carbonyl (C=O) groups is 2. The van der Waals surface area contributed by atoms with Crippen LogP contribution in [0.15, 0.2) is 0 Å². The average Bonchev–Trinajstić information content (AvgIpc) is 2.24. The van der Waals surface area contributed by atoms with Gasteiger partial charge in [0.15, 0.2) is 0 Å². The highest BCUT2D eigenvalue weighted by Crippen LogP contribution is 2.21. The lowest BCUT2D eigenvalue weighted by atomic mass is 9.91. The molecule has 0 radical (unpaired) electrons. The molecule has 0 bridgehead atoms. The van der Waals surface area contributed by atoms with Crippen LogP contribution in [0, 0.1) is 5.41 Å². The van der Waals surface area contributed by atoms with Gasteiger partial charge in [-0.1, -0.05) is 20.8 Å². The number of carbonyl (C=O) groups excluding carboxylic acids is 2. The SMILES string of the molecule is CC(C)(C)CC(=O)N1CCC(NC(=O)OC(C)(C)C)CC1. The van der Waals surface area contributed by atoms with Gasteiger partial charge in [-0.25, -0.2) is 4.79 Å². The van der Waals surface area contributed by atoms with Crippen molar-refractivity contribution in [3.63, 3.8) is 0 Å². The van der Waals surface area contributed by atoms with Gasteiger partial charge in [-0.15, -0.1) is 0 Å². The Morgan fingerprint density at radius 1 is 1.10 bits per heavy atom. The van der Waals surface area contributed by atoms with Crippen LogP contribution in [-0.4, -0.2) is 41.6 Å². The summed E-state index contributed by atoms with van der Waals surface area (Å²) in [6, 6.07) is 0.0959. The monoisotopic (exact) mass is 298 g/mol. The van der Waals surface area contributed by atoms with E-state index in [2.05, 4.69) is 26.1 Å². The molecule has 0 unspecified atom stereocenters. The number of nitrogens with zero attached hydrogens (tertiary/aromatic N) is 1. The third kappa shape index (κ3) is 7.34. The lowest BCUT2D eigenvalue weighted by Crippen LogP contribution is -2.48. The topological polar surface area (TPSA) is 58.6 Å². The Kier molecular flexibility index (Phi) is 5.65. The van der Waals surface area contributed by atoms with E-state index in [1.807, 2.05) is 25.7 Å². The van der Waals surface area contributed by atoms with Crippen LogP contribution < -0.4 is 5.32 Å². The Bertz CT molecular complexity index is 372. The number of nitrogens with one attached hydrogen (secondary N) is 1. The lowest BCUT2D eigenvalue weighted by molar-refractivity contribution is -0.134. The van der Waals surface area contributed by atoms with E-state index in [0.29, 0.717) is 19.5 Å². The van der Waals surface area contributed by atoms with Crippen molar-refractivity contribution in [1.82, 2.24) is 10.2 Å². The second-order valence-electron chi connectivity index (χ2n) is 8.04. The average molecular weight is 298 g/mol. The lowest BCUT2D eigenvalue weighted by Gasteiger charge is -2.34. The van der Waals surface area contributed by atoms with Crippen LogP contribution in [0.3, 0.4) is 0 Å². The molecule has 21 heavy (non-hydrogen) atoms. The molecule has 1 aliphatic rings. The van der Waals surface area contributed by atoms with Crippen molar-refractivity contribution in [2.45, 2.75) is 72.4 Å². The summed E-state index contributed by atoms with van der Waals surface area (Å²) in [5.41, 5.74) is -0.462. The van der Waals surface area contributed by atoms with Crippen LogP contribution in [0.5, 0.6) is 0 Å². The zero-order valence-electron chi connectivity index (χ0n) is 14.3. The number of amides is 2. The van der Waals surface area contributed by atoms with E-state index in [1.54, 1.807) is 0 Å². The molecule has 1 fully saturated rings. The van der Waals surface area contributed by atoms with E-state index in [-0.39, 0.29) is 23.5 Å². The maximum absolute atomic E-state index is 12.1. The summed E-state index contributed by atoms with van der Waals surface area (Å²) in [6.45, 7) is 13.2. The smallest absolute Gasteiger partial charge is 0.407 e. The molecule has 2 amide bonds. The molecular weight excluding hydrogens is 268 g/mol. The zero-order chi connectivity index (χ0) is 16.3. The van der Waals surface area contributed by atoms with Gasteiger partial charge in [0.25, 0.3) is 0 Å². The molecule has 0 aliphatic carbocycles. The standard InChI is InChI=1S/C16H30N2O3/c1-15(2,3)11-13(19)18-9-7-12(8-10-18)17-14(20)21-16(4,5)6/h12H,7-11H2,1-6H3,(H,17,20). The first-order chi connectivity index (χ1) is 9.46. The molecule has 0 aromatic heterocycles. The Morgan fingerprint density at radius 2 is 1.62 bits per heavy atom. The van der Waals surface area contributed by atoms with Gasteiger partial charge in [-0.05, 0) is 39.0 Å². The van der Waals surface area contributed by atoms with Crippen molar-refractivity contribution in [1.29, 1.82) is 0 Å². The Balaban J connectivity index is 2.35. The van der Waals surface area contributed by atoms with Crippen LogP contribution in [0.2, 0.25) is 0 Å². The maximum Gasteiger partial charge on any atom is 0.407 e. The molecule has 0 aromatic rings. The van der Waals surface area contributed by atoms with E-state index >= 15 is 0 Å². The number of rotatable bonds is 2. The second-order valence-corrected chi connectivity index (χ2v) is 8.04. The van der Waals surface area contributed by atoms with Crippen molar-refractivity contribution in [2.75, 3.05) is 13.1 Å². The molecular formula is C16H30N2O3. The maximum atomic E-state index is 12.1. The zero-order valence-corrected chi connectivity index (χ0v) is 14.3. The van der Waals surface area contributed by atoms with Gasteiger partial charge >= 0.3 is 6.09 Å². The van der Waals surface area contributed by atoms with Gasteiger partial charge in [0.1, 0.15) is 5.60 Å². The van der Waals surface area contributed by atoms with Crippen molar-refractivity contribution in [3.8, 4) is 0 Å². The molecule has 0 aromatic carbocycles. The van der Waals surface area contributed by atoms with Crippen molar-refractivity contribution in [3.05, 3.63) is 0 Å². The van der Waals surface area contributed by atoms with Crippen LogP contribution in [0.25, 0.3) is 0 Å². The molecule has 5 heteroatoms. The summed E-state index contributed by atoms with van der Waals surface area (Å²) in [7, 11) is 0. The molecule has 1 aliphatic heterocycles. The molecule has 1 heterocycles. The molecule has 0 saturated carbocycles. The minimum Gasteiger partial charge on any atom is -0.444 e. The first-order valence-corrected chi connectivity index (χ1v) is 7.73. The number of piperidine rings is 1. The molecule has 122 valence electrons. The minimum absolute atomic E-state index is 0.0166. The highest BCUT2D eigenvalue weighted by Gasteiger charge is 2.27. The summed E-state index contributed by atoms with van der Waals surface area (Å²) in [4.78, 5) is 25.8. The van der Waals surface area contributed by atoms with Crippen molar-refractivity contribution in [2.24, 2.45) is 5.41 Å². The largest absolute Gasteiger partial charge is 0.444 e. The highest BCUT2D eigenvalue weighted by atomic mass is 16.6. The molecule has 1 rings (SSSR count). The second kappa shape index (κ2) is 6.67. The predicted octanol–water partition coefficient (Wildman–Crippen LogP) is 2.94. The molecule has 0 atom stereocenters. The van der Waals surface area contributed by atoms with Crippen molar-refractivity contribution >= 4 is 12.0 Å². The number of ether oxygens (including phenoxy) is 1. The highest BCUT2D eigenvalue weighted by molar-refractivity contribution is 5.77. The van der Waals surface area contributed by atoms with Gasteiger partial charge in [-0.3, -0.25) is 4.79 Å². The van der Waals surface area contributed by atoms with Gasteiger partial charge < -0.3 is 15.0 Å². The number of likely N-dealkylation sites (tertiary alicyclic amines) is 1. The van der Waals surface area contributed by atoms with Gasteiger partial charge in [0, 0.05) is 25.6 Å². The van der Waals surface area contributed by atoms with Crippen molar-refractivity contribution < 1.29 is 14.3 Å². The van der Waals surface area contributed by atoms with E-state index in [1.165, 1.54) is 0 Å². The first-order valence-electron chi connectivity index (χ1n) is 7.73. The molecule has 1 N–H and O–H groups in total. The third-order valence-corrected chi connectivity index (χ3v) is 3.25. The van der Waals surface area contributed by atoms with Crippen LogP contribution >= 0.6 is 0 Å². The van der Waals surface area contributed by atoms with Gasteiger partial charge in [-0.2, -0.15) is 0 Å². The van der Waals surface area contributed by atoms with Crippen LogP contribution in [-0.2, 0) is 9.53 Å².